The van der Waals surface area contributed by atoms with E-state index in [0.717, 1.165) is 19.3 Å². The number of carbonyl (C=O) groups is 1. The second-order valence-electron chi connectivity index (χ2n) is 4.78. The topological polar surface area (TPSA) is 47.6 Å². The first-order valence-electron chi connectivity index (χ1n) is 6.92. The van der Waals surface area contributed by atoms with Crippen LogP contribution < -0.4 is 5.32 Å². The molecule has 1 saturated heterocycles. The van der Waals surface area contributed by atoms with E-state index >= 15 is 0 Å². The fourth-order valence-corrected chi connectivity index (χ4v) is 1.88. The Bertz CT molecular complexity index is 287. The highest BCUT2D eigenvalue weighted by atomic mass is 19.3. The first kappa shape index (κ1) is 16.3. The SMILES string of the molecule is CCCCOC[C@H]1NC(=O)C(F)(F)[C@@H]1OCCCC. The second-order valence-corrected chi connectivity index (χ2v) is 4.78. The number of nitrogens with one attached hydrogen (secondary N) is 1. The molecule has 0 radical (unpaired) electrons. The van der Waals surface area contributed by atoms with E-state index in [1.807, 2.05) is 13.8 Å². The Kier molecular flexibility index (Phi) is 6.65. The number of halogens is 2. The lowest BCUT2D eigenvalue weighted by Crippen LogP contribution is -2.42. The molecule has 2 atom stereocenters. The van der Waals surface area contributed by atoms with Gasteiger partial charge in [-0.1, -0.05) is 26.7 Å². The number of ether oxygens (including phenoxy) is 2. The monoisotopic (exact) mass is 279 g/mol. The summed E-state index contributed by atoms with van der Waals surface area (Å²) in [4.78, 5) is 11.2. The Balaban J connectivity index is 2.49. The average molecular weight is 279 g/mol. The molecule has 1 fully saturated rings. The van der Waals surface area contributed by atoms with Crippen LogP contribution in [0.2, 0.25) is 0 Å². The maximum atomic E-state index is 13.7. The third-order valence-corrected chi connectivity index (χ3v) is 3.08. The van der Waals surface area contributed by atoms with Crippen molar-refractivity contribution in [3.63, 3.8) is 0 Å². The largest absolute Gasteiger partial charge is 0.379 e. The van der Waals surface area contributed by atoms with E-state index in [-0.39, 0.29) is 13.2 Å². The molecular weight excluding hydrogens is 256 g/mol. The van der Waals surface area contributed by atoms with E-state index in [4.69, 9.17) is 9.47 Å². The van der Waals surface area contributed by atoms with E-state index in [9.17, 15) is 13.6 Å². The summed E-state index contributed by atoms with van der Waals surface area (Å²) in [6.45, 7) is 4.78. The molecule has 0 spiro atoms. The molecule has 0 saturated carbocycles. The highest BCUT2D eigenvalue weighted by Gasteiger charge is 2.58. The summed E-state index contributed by atoms with van der Waals surface area (Å²) < 4.78 is 37.8. The number of hydrogen-bond acceptors (Lipinski definition) is 3. The minimum Gasteiger partial charge on any atom is -0.379 e. The first-order valence-corrected chi connectivity index (χ1v) is 6.92. The molecule has 1 heterocycles. The molecule has 1 amide bonds. The minimum absolute atomic E-state index is 0.0676. The van der Waals surface area contributed by atoms with Gasteiger partial charge >= 0.3 is 5.92 Å². The van der Waals surface area contributed by atoms with E-state index in [2.05, 4.69) is 5.32 Å². The smallest absolute Gasteiger partial charge is 0.352 e. The lowest BCUT2D eigenvalue weighted by Gasteiger charge is -2.22. The van der Waals surface area contributed by atoms with E-state index in [0.29, 0.717) is 13.0 Å². The molecule has 6 heteroatoms. The predicted molar refractivity (Wildman–Crippen MR) is 67.3 cm³/mol. The van der Waals surface area contributed by atoms with Gasteiger partial charge in [-0.2, -0.15) is 8.78 Å². The second kappa shape index (κ2) is 7.75. The number of alkyl halides is 2. The van der Waals surface area contributed by atoms with Crippen molar-refractivity contribution >= 4 is 5.91 Å². The van der Waals surface area contributed by atoms with Gasteiger partial charge in [0.2, 0.25) is 0 Å². The van der Waals surface area contributed by atoms with Crippen LogP contribution in [-0.2, 0) is 14.3 Å². The Morgan fingerprint density at radius 1 is 1.21 bits per heavy atom. The van der Waals surface area contributed by atoms with Crippen LogP contribution in [0, 0.1) is 0 Å². The van der Waals surface area contributed by atoms with Crippen LogP contribution in [0.15, 0.2) is 0 Å². The van der Waals surface area contributed by atoms with Crippen LogP contribution in [0.4, 0.5) is 8.78 Å². The van der Waals surface area contributed by atoms with Crippen LogP contribution in [0.5, 0.6) is 0 Å². The van der Waals surface area contributed by atoms with Gasteiger partial charge in [0.1, 0.15) is 0 Å². The zero-order chi connectivity index (χ0) is 14.3. The average Bonchev–Trinajstić information content (AvgIpc) is 2.58. The van der Waals surface area contributed by atoms with Crippen molar-refractivity contribution in [2.45, 2.75) is 57.6 Å². The quantitative estimate of drug-likeness (QED) is 0.658. The molecule has 0 bridgehead atoms. The van der Waals surface area contributed by atoms with Gasteiger partial charge in [0.15, 0.2) is 6.10 Å². The summed E-state index contributed by atoms with van der Waals surface area (Å²) in [5.74, 6) is -4.73. The van der Waals surface area contributed by atoms with Crippen LogP contribution in [-0.4, -0.2) is 43.8 Å². The molecule has 1 aliphatic heterocycles. The third kappa shape index (κ3) is 4.38. The van der Waals surface area contributed by atoms with Gasteiger partial charge in [0.25, 0.3) is 5.91 Å². The molecule has 0 aromatic rings. The fourth-order valence-electron chi connectivity index (χ4n) is 1.88. The summed E-state index contributed by atoms with van der Waals surface area (Å²) in [6.07, 6.45) is 1.98. The molecular formula is C13H23F2NO3. The standard InChI is InChI=1S/C13H23F2NO3/c1-3-5-7-18-9-10-11(19-8-6-4-2)13(14,15)12(17)16-10/h10-11H,3-9H2,1-2H3,(H,16,17)/t10-,11-/m1/s1. The number of carbonyl (C=O) groups excluding carboxylic acids is 1. The highest BCUT2D eigenvalue weighted by Crippen LogP contribution is 2.30. The van der Waals surface area contributed by atoms with Crippen LogP contribution >= 0.6 is 0 Å². The molecule has 0 aliphatic carbocycles. The van der Waals surface area contributed by atoms with Crippen LogP contribution in [0.3, 0.4) is 0 Å². The maximum absolute atomic E-state index is 13.7. The van der Waals surface area contributed by atoms with Crippen LogP contribution in [0.25, 0.3) is 0 Å². The van der Waals surface area contributed by atoms with Gasteiger partial charge < -0.3 is 14.8 Å². The van der Waals surface area contributed by atoms with E-state index < -0.39 is 24.0 Å². The van der Waals surface area contributed by atoms with Gasteiger partial charge in [0.05, 0.1) is 12.6 Å². The summed E-state index contributed by atoms with van der Waals surface area (Å²) >= 11 is 0. The summed E-state index contributed by atoms with van der Waals surface area (Å²) in [6, 6.07) is -0.767. The molecule has 0 aromatic carbocycles. The van der Waals surface area contributed by atoms with Crippen molar-refractivity contribution in [1.29, 1.82) is 0 Å². The zero-order valence-corrected chi connectivity index (χ0v) is 11.6. The van der Waals surface area contributed by atoms with E-state index in [1.165, 1.54) is 0 Å². The summed E-state index contributed by atoms with van der Waals surface area (Å²) in [7, 11) is 0. The molecule has 19 heavy (non-hydrogen) atoms. The maximum Gasteiger partial charge on any atom is 0.352 e. The van der Waals surface area contributed by atoms with Crippen molar-refractivity contribution in [3.05, 3.63) is 0 Å². The number of rotatable bonds is 9. The molecule has 112 valence electrons. The number of amides is 1. The normalized spacial score (nSPS) is 25.6. The molecule has 0 unspecified atom stereocenters. The molecule has 1 N–H and O–H groups in total. The third-order valence-electron chi connectivity index (χ3n) is 3.08. The highest BCUT2D eigenvalue weighted by molar-refractivity contribution is 5.87. The Labute approximate surface area is 112 Å². The Hall–Kier alpha value is -0.750. The Morgan fingerprint density at radius 2 is 1.84 bits per heavy atom. The van der Waals surface area contributed by atoms with Gasteiger partial charge in [0, 0.05) is 13.2 Å². The number of hydrogen-bond donors (Lipinski definition) is 1. The fraction of sp³-hybridized carbons (Fsp3) is 0.923. The van der Waals surface area contributed by atoms with Gasteiger partial charge in [-0.05, 0) is 12.8 Å². The van der Waals surface area contributed by atoms with Gasteiger partial charge in [-0.3, -0.25) is 4.79 Å². The minimum atomic E-state index is -3.47. The zero-order valence-electron chi connectivity index (χ0n) is 11.6. The van der Waals surface area contributed by atoms with Gasteiger partial charge in [-0.15, -0.1) is 0 Å². The van der Waals surface area contributed by atoms with E-state index in [1.54, 1.807) is 0 Å². The lowest BCUT2D eigenvalue weighted by molar-refractivity contribution is -0.158. The first-order chi connectivity index (χ1) is 9.04. The molecule has 0 aromatic heterocycles. The Morgan fingerprint density at radius 3 is 2.47 bits per heavy atom. The van der Waals surface area contributed by atoms with Crippen molar-refractivity contribution in [2.24, 2.45) is 0 Å². The summed E-state index contributed by atoms with van der Waals surface area (Å²) in [5, 5.41) is 2.26. The molecule has 1 rings (SSSR count). The summed E-state index contributed by atoms with van der Waals surface area (Å²) in [5.41, 5.74) is 0. The van der Waals surface area contributed by atoms with Crippen molar-refractivity contribution in [1.82, 2.24) is 5.32 Å². The van der Waals surface area contributed by atoms with Crippen LogP contribution in [0.1, 0.15) is 39.5 Å². The molecule has 1 aliphatic rings. The van der Waals surface area contributed by atoms with Gasteiger partial charge in [-0.25, -0.2) is 0 Å². The van der Waals surface area contributed by atoms with Crippen molar-refractivity contribution in [2.75, 3.05) is 19.8 Å². The lowest BCUT2D eigenvalue weighted by atomic mass is 10.1. The predicted octanol–water partition coefficient (Wildman–Crippen LogP) is 2.12. The molecule has 4 nitrogen and oxygen atoms in total. The van der Waals surface area contributed by atoms with Crippen molar-refractivity contribution < 1.29 is 23.0 Å². The number of unbranched alkanes of at least 4 members (excludes halogenated alkanes) is 2. The van der Waals surface area contributed by atoms with Crippen molar-refractivity contribution in [3.8, 4) is 0 Å².